The highest BCUT2D eigenvalue weighted by atomic mass is 16.3. The summed E-state index contributed by atoms with van der Waals surface area (Å²) in [6, 6.07) is 0.612. The number of aliphatic hydroxyl groups excluding tert-OH is 1. The van der Waals surface area contributed by atoms with Crippen molar-refractivity contribution in [2.75, 3.05) is 13.2 Å². The van der Waals surface area contributed by atoms with Crippen LogP contribution in [-0.2, 0) is 0 Å². The molecule has 0 aliphatic heterocycles. The Bertz CT molecular complexity index is 214. The minimum absolute atomic E-state index is 0.302. The molecule has 0 saturated heterocycles. The van der Waals surface area contributed by atoms with E-state index in [0.29, 0.717) is 12.6 Å². The molecular formula is C12H21NO. The van der Waals surface area contributed by atoms with Crippen molar-refractivity contribution in [3.63, 3.8) is 0 Å². The van der Waals surface area contributed by atoms with E-state index in [4.69, 9.17) is 5.11 Å². The van der Waals surface area contributed by atoms with Gasteiger partial charge < -0.3 is 10.4 Å². The zero-order valence-electron chi connectivity index (χ0n) is 8.95. The first-order valence-corrected chi connectivity index (χ1v) is 5.84. The molecule has 2 N–H and O–H groups in total. The molecule has 1 fully saturated rings. The molecule has 2 rings (SSSR count). The van der Waals surface area contributed by atoms with Gasteiger partial charge in [0, 0.05) is 12.6 Å². The zero-order valence-corrected chi connectivity index (χ0v) is 8.95. The number of hydrogen-bond donors (Lipinski definition) is 2. The second kappa shape index (κ2) is 4.45. The molecule has 4 unspecified atom stereocenters. The summed E-state index contributed by atoms with van der Waals surface area (Å²) in [6.45, 7) is 3.54. The van der Waals surface area contributed by atoms with E-state index in [1.54, 1.807) is 0 Å². The maximum atomic E-state index is 8.70. The van der Waals surface area contributed by atoms with Crippen molar-refractivity contribution in [1.29, 1.82) is 0 Å². The standard InChI is InChI=1S/C12H21NO/c1-9(13-5-2-6-14)12-8-10-3-4-11(12)7-10/h3-4,9-14H,2,5-8H2,1H3. The highest BCUT2D eigenvalue weighted by molar-refractivity contribution is 5.11. The van der Waals surface area contributed by atoms with Gasteiger partial charge in [-0.15, -0.1) is 0 Å². The predicted octanol–water partition coefficient (Wildman–Crippen LogP) is 1.56. The van der Waals surface area contributed by atoms with Gasteiger partial charge in [-0.3, -0.25) is 0 Å². The minimum Gasteiger partial charge on any atom is -0.396 e. The van der Waals surface area contributed by atoms with Gasteiger partial charge in [0.05, 0.1) is 0 Å². The molecule has 1 saturated carbocycles. The van der Waals surface area contributed by atoms with Gasteiger partial charge in [-0.25, -0.2) is 0 Å². The van der Waals surface area contributed by atoms with Crippen molar-refractivity contribution < 1.29 is 5.11 Å². The first-order chi connectivity index (χ1) is 6.81. The lowest BCUT2D eigenvalue weighted by molar-refractivity contribution is 0.271. The normalized spacial score (nSPS) is 36.6. The fraction of sp³-hybridized carbons (Fsp3) is 0.833. The maximum Gasteiger partial charge on any atom is 0.0443 e. The highest BCUT2D eigenvalue weighted by Gasteiger charge is 2.37. The van der Waals surface area contributed by atoms with Crippen molar-refractivity contribution >= 4 is 0 Å². The molecule has 0 radical (unpaired) electrons. The molecule has 0 aromatic rings. The summed E-state index contributed by atoms with van der Waals surface area (Å²) in [5.41, 5.74) is 0. The van der Waals surface area contributed by atoms with Crippen molar-refractivity contribution in [1.82, 2.24) is 5.32 Å². The smallest absolute Gasteiger partial charge is 0.0443 e. The predicted molar refractivity (Wildman–Crippen MR) is 58.0 cm³/mol. The van der Waals surface area contributed by atoms with E-state index in [0.717, 1.165) is 30.7 Å². The third-order valence-corrected chi connectivity index (χ3v) is 3.77. The first-order valence-electron chi connectivity index (χ1n) is 5.84. The molecule has 0 heterocycles. The van der Waals surface area contributed by atoms with Gasteiger partial charge in [0.1, 0.15) is 0 Å². The first kappa shape index (κ1) is 10.2. The number of rotatable bonds is 5. The van der Waals surface area contributed by atoms with Gasteiger partial charge >= 0.3 is 0 Å². The van der Waals surface area contributed by atoms with Gasteiger partial charge in [0.25, 0.3) is 0 Å². The lowest BCUT2D eigenvalue weighted by Crippen LogP contribution is -2.36. The number of fused-ring (bicyclic) bond motifs is 2. The zero-order chi connectivity index (χ0) is 9.97. The molecule has 0 spiro atoms. The van der Waals surface area contributed by atoms with Crippen molar-refractivity contribution in [3.05, 3.63) is 12.2 Å². The second-order valence-corrected chi connectivity index (χ2v) is 4.76. The number of nitrogens with one attached hydrogen (secondary N) is 1. The Balaban J connectivity index is 1.75. The minimum atomic E-state index is 0.302. The summed E-state index contributed by atoms with van der Waals surface area (Å²) in [7, 11) is 0. The molecule has 80 valence electrons. The largest absolute Gasteiger partial charge is 0.396 e. The van der Waals surface area contributed by atoms with Crippen molar-refractivity contribution in [2.24, 2.45) is 17.8 Å². The topological polar surface area (TPSA) is 32.3 Å². The Morgan fingerprint density at radius 1 is 1.43 bits per heavy atom. The molecule has 0 aromatic heterocycles. The lowest BCUT2D eigenvalue weighted by Gasteiger charge is -2.26. The van der Waals surface area contributed by atoms with E-state index in [1.165, 1.54) is 12.8 Å². The average molecular weight is 195 g/mol. The molecule has 2 aliphatic rings. The summed E-state index contributed by atoms with van der Waals surface area (Å²) in [4.78, 5) is 0. The molecule has 14 heavy (non-hydrogen) atoms. The molecule has 0 aromatic carbocycles. The van der Waals surface area contributed by atoms with E-state index in [-0.39, 0.29) is 0 Å². The van der Waals surface area contributed by atoms with Crippen LogP contribution in [0, 0.1) is 17.8 Å². The van der Waals surface area contributed by atoms with Crippen LogP contribution in [0.2, 0.25) is 0 Å². The number of hydrogen-bond acceptors (Lipinski definition) is 2. The lowest BCUT2D eigenvalue weighted by atomic mass is 9.87. The summed E-state index contributed by atoms with van der Waals surface area (Å²) < 4.78 is 0. The molecule has 2 bridgehead atoms. The van der Waals surface area contributed by atoms with Crippen LogP contribution in [0.1, 0.15) is 26.2 Å². The van der Waals surface area contributed by atoms with Crippen molar-refractivity contribution in [2.45, 2.75) is 32.2 Å². The van der Waals surface area contributed by atoms with Crippen LogP contribution in [0.15, 0.2) is 12.2 Å². The van der Waals surface area contributed by atoms with E-state index in [1.807, 2.05) is 0 Å². The third-order valence-electron chi connectivity index (χ3n) is 3.77. The Labute approximate surface area is 86.4 Å². The Kier molecular flexibility index (Phi) is 3.24. The fourth-order valence-corrected chi connectivity index (χ4v) is 2.96. The van der Waals surface area contributed by atoms with Crippen LogP contribution in [0.3, 0.4) is 0 Å². The highest BCUT2D eigenvalue weighted by Crippen LogP contribution is 2.44. The summed E-state index contributed by atoms with van der Waals surface area (Å²) in [6.07, 6.45) is 8.43. The molecule has 4 atom stereocenters. The van der Waals surface area contributed by atoms with Gasteiger partial charge in [0.2, 0.25) is 0 Å². The van der Waals surface area contributed by atoms with Crippen LogP contribution in [0.4, 0.5) is 0 Å². The molecular weight excluding hydrogens is 174 g/mol. The molecule has 2 nitrogen and oxygen atoms in total. The SMILES string of the molecule is CC(NCCCO)C1CC2C=CC1C2. The maximum absolute atomic E-state index is 8.70. The van der Waals surface area contributed by atoms with Gasteiger partial charge in [-0.05, 0) is 50.5 Å². The Morgan fingerprint density at radius 2 is 2.29 bits per heavy atom. The monoisotopic (exact) mass is 195 g/mol. The third kappa shape index (κ3) is 2.01. The molecule has 2 heteroatoms. The second-order valence-electron chi connectivity index (χ2n) is 4.76. The number of aliphatic hydroxyl groups is 1. The van der Waals surface area contributed by atoms with E-state index in [9.17, 15) is 0 Å². The van der Waals surface area contributed by atoms with Gasteiger partial charge in [0.15, 0.2) is 0 Å². The van der Waals surface area contributed by atoms with Crippen LogP contribution in [0.5, 0.6) is 0 Å². The average Bonchev–Trinajstić information content (AvgIpc) is 2.79. The van der Waals surface area contributed by atoms with E-state index < -0.39 is 0 Å². The van der Waals surface area contributed by atoms with Crippen molar-refractivity contribution in [3.8, 4) is 0 Å². The molecule has 2 aliphatic carbocycles. The van der Waals surface area contributed by atoms with E-state index in [2.05, 4.69) is 24.4 Å². The Hall–Kier alpha value is -0.340. The fourth-order valence-electron chi connectivity index (χ4n) is 2.96. The summed E-state index contributed by atoms with van der Waals surface area (Å²) >= 11 is 0. The van der Waals surface area contributed by atoms with Crippen LogP contribution < -0.4 is 5.32 Å². The molecule has 0 amide bonds. The summed E-state index contributed by atoms with van der Waals surface area (Å²) in [5.74, 6) is 2.53. The van der Waals surface area contributed by atoms with Crippen LogP contribution in [-0.4, -0.2) is 24.3 Å². The number of allylic oxidation sites excluding steroid dienone is 2. The van der Waals surface area contributed by atoms with Gasteiger partial charge in [-0.2, -0.15) is 0 Å². The van der Waals surface area contributed by atoms with Crippen LogP contribution >= 0.6 is 0 Å². The Morgan fingerprint density at radius 3 is 2.86 bits per heavy atom. The van der Waals surface area contributed by atoms with Crippen LogP contribution in [0.25, 0.3) is 0 Å². The summed E-state index contributed by atoms with van der Waals surface area (Å²) in [5, 5.41) is 12.2. The van der Waals surface area contributed by atoms with Gasteiger partial charge in [-0.1, -0.05) is 12.2 Å². The quantitative estimate of drug-likeness (QED) is 0.515. The van der Waals surface area contributed by atoms with E-state index >= 15 is 0 Å².